The van der Waals surface area contributed by atoms with Crippen molar-refractivity contribution < 1.29 is 9.13 Å². The quantitative estimate of drug-likeness (QED) is 0.697. The molecule has 5 nitrogen and oxygen atoms in total. The maximum absolute atomic E-state index is 14.0. The fourth-order valence-corrected chi connectivity index (χ4v) is 2.35. The molecule has 136 valence electrons. The number of H-pyrrole nitrogens is 1. The number of aromatic nitrogens is 4. The molecule has 0 aliphatic rings. The van der Waals surface area contributed by atoms with Crippen molar-refractivity contribution in [2.75, 3.05) is 6.61 Å². The van der Waals surface area contributed by atoms with Crippen molar-refractivity contribution in [1.29, 1.82) is 0 Å². The van der Waals surface area contributed by atoms with Gasteiger partial charge < -0.3 is 9.72 Å². The van der Waals surface area contributed by atoms with E-state index in [0.717, 1.165) is 11.1 Å². The number of nitrogens with zero attached hydrogens (tertiary/aromatic N) is 3. The van der Waals surface area contributed by atoms with E-state index in [-0.39, 0.29) is 6.61 Å². The maximum atomic E-state index is 14.0. The van der Waals surface area contributed by atoms with Crippen molar-refractivity contribution in [1.82, 2.24) is 19.9 Å². The fraction of sp³-hybridized carbons (Fsp3) is 0.350. The second kappa shape index (κ2) is 7.96. The van der Waals surface area contributed by atoms with E-state index in [1.54, 1.807) is 18.5 Å². The number of ether oxygens (including phenoxy) is 1. The summed E-state index contributed by atoms with van der Waals surface area (Å²) in [6.45, 7) is 9.04. The van der Waals surface area contributed by atoms with Gasteiger partial charge in [-0.1, -0.05) is 19.8 Å². The molecule has 0 saturated carbocycles. The molecule has 0 amide bonds. The van der Waals surface area contributed by atoms with Gasteiger partial charge in [0.05, 0.1) is 29.1 Å². The number of fused-ring (bicyclic) bond motifs is 1. The highest BCUT2D eigenvalue weighted by Crippen LogP contribution is 2.27. The molecule has 0 radical (unpaired) electrons. The van der Waals surface area contributed by atoms with Crippen LogP contribution >= 0.6 is 0 Å². The van der Waals surface area contributed by atoms with Crippen molar-refractivity contribution in [3.63, 3.8) is 0 Å². The highest BCUT2D eigenvalue weighted by Gasteiger charge is 2.21. The number of aryl methyl sites for hydroxylation is 1. The van der Waals surface area contributed by atoms with Gasteiger partial charge in [-0.25, -0.2) is 14.4 Å². The molecule has 0 unspecified atom stereocenters. The van der Waals surface area contributed by atoms with Crippen LogP contribution in [0.25, 0.3) is 22.6 Å². The van der Waals surface area contributed by atoms with Gasteiger partial charge >= 0.3 is 0 Å². The van der Waals surface area contributed by atoms with E-state index in [1.807, 2.05) is 26.8 Å². The molecule has 1 N–H and O–H groups in total. The van der Waals surface area contributed by atoms with Crippen LogP contribution in [0, 0.1) is 19.3 Å². The number of nitrogens with one attached hydrogen (secondary N) is 1. The first kappa shape index (κ1) is 19.4. The first-order chi connectivity index (χ1) is 12.4. The Morgan fingerprint density at radius 3 is 2.58 bits per heavy atom. The molecule has 0 bridgehead atoms. The summed E-state index contributed by atoms with van der Waals surface area (Å²) in [6.07, 6.45) is 8.36. The number of hydrogen-bond acceptors (Lipinski definition) is 4. The van der Waals surface area contributed by atoms with Crippen LogP contribution in [0.15, 0.2) is 24.5 Å². The predicted molar refractivity (Wildman–Crippen MR) is 102 cm³/mol. The molecule has 3 aromatic heterocycles. The summed E-state index contributed by atoms with van der Waals surface area (Å²) >= 11 is 0. The van der Waals surface area contributed by atoms with Crippen LogP contribution in [0.4, 0.5) is 4.39 Å². The largest absolute Gasteiger partial charge is 0.479 e. The Morgan fingerprint density at radius 1 is 1.23 bits per heavy atom. The number of alkyl halides is 1. The van der Waals surface area contributed by atoms with E-state index in [2.05, 4.69) is 25.9 Å². The lowest BCUT2D eigenvalue weighted by atomic mass is 10.1. The SMILES string of the molecule is C#CCOc1cnc(-c2nc3cc(C(C)(C)F)ncc3[nH]2)c(C)c1.CC. The molecule has 0 atom stereocenters. The Balaban J connectivity index is 0.00000117. The topological polar surface area (TPSA) is 63.7 Å². The summed E-state index contributed by atoms with van der Waals surface area (Å²) < 4.78 is 19.4. The zero-order chi connectivity index (χ0) is 19.3. The minimum Gasteiger partial charge on any atom is -0.479 e. The van der Waals surface area contributed by atoms with Gasteiger partial charge in [0.2, 0.25) is 0 Å². The number of hydrogen-bond donors (Lipinski definition) is 1. The van der Waals surface area contributed by atoms with Gasteiger partial charge in [-0.05, 0) is 38.5 Å². The molecular formula is C20H23FN4O. The molecule has 3 aromatic rings. The van der Waals surface area contributed by atoms with Crippen LogP contribution in [-0.4, -0.2) is 26.5 Å². The number of terminal acetylenes is 1. The molecular weight excluding hydrogens is 331 g/mol. The lowest BCUT2D eigenvalue weighted by Gasteiger charge is -2.12. The third kappa shape index (κ3) is 4.17. The number of halogens is 1. The summed E-state index contributed by atoms with van der Waals surface area (Å²) in [5, 5.41) is 0. The Labute approximate surface area is 153 Å². The molecule has 0 aromatic carbocycles. The molecule has 26 heavy (non-hydrogen) atoms. The average Bonchev–Trinajstić information content (AvgIpc) is 3.03. The second-order valence-corrected chi connectivity index (χ2v) is 5.97. The van der Waals surface area contributed by atoms with E-state index >= 15 is 0 Å². The first-order valence-corrected chi connectivity index (χ1v) is 8.47. The number of rotatable bonds is 4. The zero-order valence-electron chi connectivity index (χ0n) is 15.7. The monoisotopic (exact) mass is 354 g/mol. The summed E-state index contributed by atoms with van der Waals surface area (Å²) in [7, 11) is 0. The Hall–Kier alpha value is -2.94. The first-order valence-electron chi connectivity index (χ1n) is 8.47. The van der Waals surface area contributed by atoms with Crippen LogP contribution < -0.4 is 4.74 Å². The number of pyridine rings is 2. The molecule has 3 heterocycles. The summed E-state index contributed by atoms with van der Waals surface area (Å²) in [6, 6.07) is 3.50. The Morgan fingerprint density at radius 2 is 1.96 bits per heavy atom. The van der Waals surface area contributed by atoms with Crippen molar-refractivity contribution in [2.45, 2.75) is 40.3 Å². The normalized spacial score (nSPS) is 10.8. The summed E-state index contributed by atoms with van der Waals surface area (Å²) in [4.78, 5) is 16.2. The third-order valence-electron chi connectivity index (χ3n) is 3.58. The second-order valence-electron chi connectivity index (χ2n) is 5.97. The van der Waals surface area contributed by atoms with Gasteiger partial charge in [0.1, 0.15) is 23.7 Å². The van der Waals surface area contributed by atoms with E-state index in [9.17, 15) is 4.39 Å². The lowest BCUT2D eigenvalue weighted by molar-refractivity contribution is 0.214. The molecule has 0 fully saturated rings. The van der Waals surface area contributed by atoms with Crippen molar-refractivity contribution in [3.05, 3.63) is 35.8 Å². The average molecular weight is 354 g/mol. The van der Waals surface area contributed by atoms with Gasteiger partial charge in [-0.2, -0.15) is 0 Å². The highest BCUT2D eigenvalue weighted by atomic mass is 19.1. The van der Waals surface area contributed by atoms with Crippen LogP contribution in [0.2, 0.25) is 0 Å². The maximum Gasteiger partial charge on any atom is 0.157 e. The summed E-state index contributed by atoms with van der Waals surface area (Å²) in [5.74, 6) is 3.61. The van der Waals surface area contributed by atoms with E-state index in [1.165, 1.54) is 13.8 Å². The molecule has 0 saturated heterocycles. The Kier molecular flexibility index (Phi) is 5.93. The zero-order valence-corrected chi connectivity index (χ0v) is 15.7. The van der Waals surface area contributed by atoms with Gasteiger partial charge in [0.15, 0.2) is 5.82 Å². The lowest BCUT2D eigenvalue weighted by Crippen LogP contribution is -2.10. The fourth-order valence-electron chi connectivity index (χ4n) is 2.35. The van der Waals surface area contributed by atoms with Gasteiger partial charge in [0.25, 0.3) is 0 Å². The van der Waals surface area contributed by atoms with Crippen LogP contribution in [0.5, 0.6) is 5.75 Å². The molecule has 0 aliphatic heterocycles. The number of imidazole rings is 1. The molecule has 0 aliphatic carbocycles. The minimum absolute atomic E-state index is 0.193. The van der Waals surface area contributed by atoms with Crippen LogP contribution in [0.1, 0.15) is 39.0 Å². The van der Waals surface area contributed by atoms with Crippen molar-refractivity contribution >= 4 is 11.0 Å². The standard InChI is InChI=1S/C18H17FN4O.C2H6/c1-5-6-24-12-7-11(2)16(21-9-12)17-22-13-8-15(18(3,4)19)20-10-14(13)23-17;1-2/h1,7-10H,6H2,2-4H3,(H,22,23);1-2H3. The highest BCUT2D eigenvalue weighted by molar-refractivity contribution is 5.79. The van der Waals surface area contributed by atoms with Gasteiger partial charge in [-0.3, -0.25) is 4.98 Å². The van der Waals surface area contributed by atoms with Crippen molar-refractivity contribution in [3.8, 4) is 29.6 Å². The predicted octanol–water partition coefficient (Wildman–Crippen LogP) is 4.57. The molecule has 3 rings (SSSR count). The third-order valence-corrected chi connectivity index (χ3v) is 3.58. The van der Waals surface area contributed by atoms with Crippen LogP contribution in [0.3, 0.4) is 0 Å². The van der Waals surface area contributed by atoms with E-state index < -0.39 is 5.67 Å². The van der Waals surface area contributed by atoms with Crippen molar-refractivity contribution in [2.24, 2.45) is 0 Å². The Bertz CT molecular complexity index is 935. The molecule has 6 heteroatoms. The van der Waals surface area contributed by atoms with Gasteiger partial charge in [0, 0.05) is 0 Å². The summed E-state index contributed by atoms with van der Waals surface area (Å²) in [5.41, 5.74) is 1.79. The van der Waals surface area contributed by atoms with Gasteiger partial charge in [-0.15, -0.1) is 6.42 Å². The number of aromatic amines is 1. The molecule has 0 spiro atoms. The minimum atomic E-state index is -1.52. The van der Waals surface area contributed by atoms with E-state index in [0.29, 0.717) is 28.5 Å². The smallest absolute Gasteiger partial charge is 0.157 e. The van der Waals surface area contributed by atoms with Crippen LogP contribution in [-0.2, 0) is 5.67 Å². The van der Waals surface area contributed by atoms with E-state index in [4.69, 9.17) is 11.2 Å².